The number of oxazole rings is 1. The second-order valence-corrected chi connectivity index (χ2v) is 7.78. The van der Waals surface area contributed by atoms with Gasteiger partial charge in [0.1, 0.15) is 11.6 Å². The Balaban J connectivity index is 1.55. The van der Waals surface area contributed by atoms with E-state index in [4.69, 9.17) is 21.0 Å². The molecule has 158 valence electrons. The maximum atomic E-state index is 13.4. The van der Waals surface area contributed by atoms with Crippen molar-refractivity contribution >= 4 is 40.5 Å². The fourth-order valence-electron chi connectivity index (χ4n) is 3.73. The molecule has 1 aliphatic rings. The van der Waals surface area contributed by atoms with Crippen molar-refractivity contribution in [2.75, 3.05) is 5.32 Å². The average Bonchev–Trinajstić information content (AvgIpc) is 3.21. The van der Waals surface area contributed by atoms with Gasteiger partial charge in [-0.1, -0.05) is 72.3 Å². The van der Waals surface area contributed by atoms with Crippen molar-refractivity contribution in [3.63, 3.8) is 0 Å². The molecule has 1 aromatic heterocycles. The second kappa shape index (κ2) is 8.32. The Morgan fingerprint density at radius 3 is 2.50 bits per heavy atom. The van der Waals surface area contributed by atoms with Gasteiger partial charge in [0.05, 0.1) is 0 Å². The van der Waals surface area contributed by atoms with Crippen molar-refractivity contribution in [2.24, 2.45) is 4.99 Å². The molecule has 4 aromatic rings. The van der Waals surface area contributed by atoms with Crippen molar-refractivity contribution in [1.29, 1.82) is 0 Å². The van der Waals surface area contributed by atoms with Crippen LogP contribution >= 0.6 is 11.6 Å². The highest BCUT2D eigenvalue weighted by atomic mass is 35.5. The second-order valence-electron chi connectivity index (χ2n) is 7.37. The van der Waals surface area contributed by atoms with Crippen LogP contribution in [0.2, 0.25) is 5.02 Å². The molecule has 0 saturated carbocycles. The number of rotatable bonds is 4. The first-order valence-electron chi connectivity index (χ1n) is 10.1. The lowest BCUT2D eigenvalue weighted by atomic mass is 9.90. The van der Waals surface area contributed by atoms with E-state index in [-0.39, 0.29) is 5.78 Å². The molecule has 0 radical (unpaired) electrons. The van der Waals surface area contributed by atoms with Crippen molar-refractivity contribution in [1.82, 2.24) is 10.3 Å². The first-order valence-corrected chi connectivity index (χ1v) is 10.5. The fraction of sp³-hybridized carbons (Fsp3) is 0.0800. The lowest BCUT2D eigenvalue weighted by Crippen LogP contribution is -2.36. The number of allylic oxidation sites excluding steroid dienone is 1. The van der Waals surface area contributed by atoms with Gasteiger partial charge in [0, 0.05) is 21.9 Å². The number of para-hydroxylation sites is 2. The van der Waals surface area contributed by atoms with E-state index in [1.807, 2.05) is 67.6 Å². The summed E-state index contributed by atoms with van der Waals surface area (Å²) < 4.78 is 5.76. The molecule has 6 nitrogen and oxygen atoms in total. The molecule has 2 N–H and O–H groups in total. The van der Waals surface area contributed by atoms with Crippen LogP contribution in [0.1, 0.15) is 28.9 Å². The van der Waals surface area contributed by atoms with Crippen molar-refractivity contribution in [2.45, 2.75) is 13.0 Å². The summed E-state index contributed by atoms with van der Waals surface area (Å²) in [7, 11) is 0. The first-order chi connectivity index (χ1) is 15.6. The quantitative estimate of drug-likeness (QED) is 0.393. The Bertz CT molecular complexity index is 1340. The molecule has 0 fully saturated rings. The number of anilines is 1. The number of carbonyl (C=O) groups is 1. The third kappa shape index (κ3) is 3.76. The SMILES string of the molecule is CC1=C(C(=O)c2ccccc2)C(c2ccccc2Cl)N=C(Nc2nc3ccccc3o2)N1. The van der Waals surface area contributed by atoms with Gasteiger partial charge in [0.2, 0.25) is 5.96 Å². The topological polar surface area (TPSA) is 79.5 Å². The fourth-order valence-corrected chi connectivity index (χ4v) is 3.97. The van der Waals surface area contributed by atoms with E-state index in [1.165, 1.54) is 0 Å². The number of benzene rings is 3. The minimum atomic E-state index is -0.593. The van der Waals surface area contributed by atoms with Crippen molar-refractivity contribution in [3.05, 3.63) is 106 Å². The van der Waals surface area contributed by atoms with E-state index in [9.17, 15) is 4.79 Å². The van der Waals surface area contributed by atoms with E-state index >= 15 is 0 Å². The minimum absolute atomic E-state index is 0.106. The first kappa shape index (κ1) is 20.0. The van der Waals surface area contributed by atoms with Crippen LogP contribution in [0.3, 0.4) is 0 Å². The smallest absolute Gasteiger partial charge is 0.302 e. The van der Waals surface area contributed by atoms with Gasteiger partial charge in [-0.15, -0.1) is 0 Å². The van der Waals surface area contributed by atoms with Crippen LogP contribution in [-0.4, -0.2) is 16.7 Å². The number of nitrogens with zero attached hydrogens (tertiary/aromatic N) is 2. The lowest BCUT2D eigenvalue weighted by Gasteiger charge is -2.27. The molecule has 2 heterocycles. The lowest BCUT2D eigenvalue weighted by molar-refractivity contribution is 0.102. The highest BCUT2D eigenvalue weighted by Crippen LogP contribution is 2.36. The number of aliphatic imine (C=N–C) groups is 1. The normalized spacial score (nSPS) is 15.9. The Morgan fingerprint density at radius 2 is 1.72 bits per heavy atom. The van der Waals surface area contributed by atoms with Gasteiger partial charge in [-0.05, 0) is 30.7 Å². The highest BCUT2D eigenvalue weighted by Gasteiger charge is 2.31. The molecule has 3 aromatic carbocycles. The number of carbonyl (C=O) groups excluding carboxylic acids is 1. The summed E-state index contributed by atoms with van der Waals surface area (Å²) in [4.78, 5) is 22.7. The average molecular weight is 443 g/mol. The largest absolute Gasteiger partial charge is 0.423 e. The van der Waals surface area contributed by atoms with Gasteiger partial charge in [0.15, 0.2) is 11.4 Å². The zero-order valence-electron chi connectivity index (χ0n) is 17.2. The number of ketones is 1. The maximum absolute atomic E-state index is 13.4. The molecule has 32 heavy (non-hydrogen) atoms. The zero-order valence-corrected chi connectivity index (χ0v) is 17.9. The van der Waals surface area contributed by atoms with Gasteiger partial charge < -0.3 is 9.73 Å². The maximum Gasteiger partial charge on any atom is 0.302 e. The number of hydrogen-bond acceptors (Lipinski definition) is 6. The van der Waals surface area contributed by atoms with Crippen LogP contribution in [0.25, 0.3) is 11.1 Å². The third-order valence-electron chi connectivity index (χ3n) is 5.24. The van der Waals surface area contributed by atoms with Crippen LogP contribution in [0.15, 0.2) is 99.5 Å². The molecule has 1 aliphatic heterocycles. The summed E-state index contributed by atoms with van der Waals surface area (Å²) in [5, 5.41) is 6.81. The summed E-state index contributed by atoms with van der Waals surface area (Å²) >= 11 is 6.51. The molecule has 0 bridgehead atoms. The van der Waals surface area contributed by atoms with Crippen LogP contribution in [0, 0.1) is 0 Å². The third-order valence-corrected chi connectivity index (χ3v) is 5.59. The Kier molecular flexibility index (Phi) is 5.21. The molecule has 0 spiro atoms. The molecular weight excluding hydrogens is 424 g/mol. The Hall–Kier alpha value is -3.90. The Labute approximate surface area is 189 Å². The predicted octanol–water partition coefficient (Wildman–Crippen LogP) is 5.75. The number of guanidine groups is 1. The van der Waals surface area contributed by atoms with Gasteiger partial charge in [0.25, 0.3) is 0 Å². The summed E-state index contributed by atoms with van der Waals surface area (Å²) in [6, 6.07) is 23.8. The molecular formula is C25H19ClN4O2. The highest BCUT2D eigenvalue weighted by molar-refractivity contribution is 6.31. The zero-order chi connectivity index (χ0) is 22.1. The summed E-state index contributed by atoms with van der Waals surface area (Å²) in [6.07, 6.45) is 0. The molecule has 7 heteroatoms. The number of aromatic nitrogens is 1. The van der Waals surface area contributed by atoms with Crippen molar-refractivity contribution < 1.29 is 9.21 Å². The minimum Gasteiger partial charge on any atom is -0.423 e. The van der Waals surface area contributed by atoms with E-state index in [2.05, 4.69) is 15.6 Å². The monoisotopic (exact) mass is 442 g/mol. The number of hydrogen-bond donors (Lipinski definition) is 2. The van der Waals surface area contributed by atoms with E-state index < -0.39 is 6.04 Å². The molecule has 0 saturated heterocycles. The van der Waals surface area contributed by atoms with E-state index in [0.717, 1.165) is 11.1 Å². The van der Waals surface area contributed by atoms with Gasteiger partial charge in [-0.3, -0.25) is 10.1 Å². The van der Waals surface area contributed by atoms with Gasteiger partial charge in [-0.2, -0.15) is 4.98 Å². The van der Waals surface area contributed by atoms with Crippen LogP contribution in [0.5, 0.6) is 0 Å². The summed E-state index contributed by atoms with van der Waals surface area (Å²) in [5.41, 5.74) is 3.95. The molecule has 1 unspecified atom stereocenters. The van der Waals surface area contributed by atoms with E-state index in [1.54, 1.807) is 18.2 Å². The van der Waals surface area contributed by atoms with Gasteiger partial charge >= 0.3 is 6.01 Å². The summed E-state index contributed by atoms with van der Waals surface area (Å²) in [5.74, 6) is 0.314. The molecule has 0 aliphatic carbocycles. The predicted molar refractivity (Wildman–Crippen MR) is 126 cm³/mol. The van der Waals surface area contributed by atoms with Gasteiger partial charge in [-0.25, -0.2) is 4.99 Å². The molecule has 1 atom stereocenters. The Morgan fingerprint density at radius 1 is 1.00 bits per heavy atom. The molecule has 5 rings (SSSR count). The number of nitrogens with one attached hydrogen (secondary N) is 2. The number of fused-ring (bicyclic) bond motifs is 1. The van der Waals surface area contributed by atoms with Crippen LogP contribution in [-0.2, 0) is 0 Å². The number of Topliss-reactive ketones (excluding diaryl/α,β-unsaturated/α-hetero) is 1. The van der Waals surface area contributed by atoms with Crippen LogP contribution in [0.4, 0.5) is 6.01 Å². The summed E-state index contributed by atoms with van der Waals surface area (Å²) in [6.45, 7) is 1.85. The molecule has 0 amide bonds. The number of halogens is 1. The van der Waals surface area contributed by atoms with Crippen LogP contribution < -0.4 is 10.6 Å². The van der Waals surface area contributed by atoms with E-state index in [0.29, 0.717) is 39.4 Å². The standard InChI is InChI=1S/C25H19ClN4O2/c1-15-21(23(31)16-9-3-2-4-10-16)22(17-11-5-6-12-18(17)26)29-24(27-15)30-25-28-19-13-7-8-14-20(19)32-25/h2-14,22H,1H3,(H2,27,28,29,30). The van der Waals surface area contributed by atoms with Crippen molar-refractivity contribution in [3.8, 4) is 0 Å².